The Morgan fingerprint density at radius 2 is 2.07 bits per heavy atom. The van der Waals surface area contributed by atoms with Crippen LogP contribution in [-0.4, -0.2) is 85.5 Å². The SMILES string of the molecule is COC(=O)N1CCC(C(N)NC(O)C2CC(C#N)C3CNN(C4COC4)C3C2)CC1. The molecule has 4 aliphatic rings. The second-order valence-electron chi connectivity index (χ2n) is 9.09. The molecule has 3 aliphatic heterocycles. The van der Waals surface area contributed by atoms with Gasteiger partial charge in [-0.15, -0.1) is 0 Å². The van der Waals surface area contributed by atoms with Gasteiger partial charge < -0.3 is 25.2 Å². The zero-order chi connectivity index (χ0) is 21.3. The van der Waals surface area contributed by atoms with Crippen molar-refractivity contribution in [1.82, 2.24) is 20.7 Å². The number of methoxy groups -OCH3 is 1. The molecule has 0 aromatic rings. The van der Waals surface area contributed by atoms with Crippen LogP contribution in [0.25, 0.3) is 0 Å². The molecule has 168 valence electrons. The first-order valence-electron chi connectivity index (χ1n) is 11.0. The van der Waals surface area contributed by atoms with E-state index < -0.39 is 6.23 Å². The number of carbonyl (C=O) groups excluding carboxylic acids is 1. The van der Waals surface area contributed by atoms with E-state index in [1.54, 1.807) is 4.90 Å². The Morgan fingerprint density at radius 1 is 1.33 bits per heavy atom. The first-order chi connectivity index (χ1) is 14.5. The smallest absolute Gasteiger partial charge is 0.409 e. The van der Waals surface area contributed by atoms with Gasteiger partial charge in [0.2, 0.25) is 0 Å². The highest BCUT2D eigenvalue weighted by atomic mass is 16.5. The van der Waals surface area contributed by atoms with Crippen LogP contribution < -0.4 is 16.5 Å². The molecule has 30 heavy (non-hydrogen) atoms. The van der Waals surface area contributed by atoms with Crippen molar-refractivity contribution in [3.05, 3.63) is 0 Å². The van der Waals surface area contributed by atoms with Gasteiger partial charge in [-0.1, -0.05) is 0 Å². The van der Waals surface area contributed by atoms with E-state index in [0.717, 1.165) is 25.8 Å². The van der Waals surface area contributed by atoms with E-state index in [9.17, 15) is 15.2 Å². The van der Waals surface area contributed by atoms with E-state index in [1.165, 1.54) is 7.11 Å². The van der Waals surface area contributed by atoms with Gasteiger partial charge in [0.05, 0.1) is 44.5 Å². The fourth-order valence-electron chi connectivity index (χ4n) is 5.51. The van der Waals surface area contributed by atoms with Gasteiger partial charge in [-0.3, -0.25) is 10.7 Å². The van der Waals surface area contributed by atoms with Crippen LogP contribution in [0.4, 0.5) is 4.79 Å². The third kappa shape index (κ3) is 4.28. The van der Waals surface area contributed by atoms with Crippen LogP contribution in [-0.2, 0) is 9.47 Å². The van der Waals surface area contributed by atoms with E-state index in [2.05, 4.69) is 21.8 Å². The summed E-state index contributed by atoms with van der Waals surface area (Å²) in [6.45, 7) is 3.46. The predicted molar refractivity (Wildman–Crippen MR) is 107 cm³/mol. The molecule has 0 spiro atoms. The van der Waals surface area contributed by atoms with E-state index in [4.69, 9.17) is 15.2 Å². The van der Waals surface area contributed by atoms with Crippen LogP contribution in [0.3, 0.4) is 0 Å². The number of nitrogens with two attached hydrogens (primary N) is 1. The third-order valence-electron chi connectivity index (χ3n) is 7.45. The van der Waals surface area contributed by atoms with Crippen LogP contribution in [0.1, 0.15) is 25.7 Å². The molecule has 5 N–H and O–H groups in total. The van der Waals surface area contributed by atoms with Crippen LogP contribution in [0.15, 0.2) is 0 Å². The summed E-state index contributed by atoms with van der Waals surface area (Å²) in [4.78, 5) is 13.3. The molecule has 6 atom stereocenters. The molecule has 0 aromatic carbocycles. The summed E-state index contributed by atoms with van der Waals surface area (Å²) in [5.41, 5.74) is 9.85. The fourth-order valence-corrected chi connectivity index (χ4v) is 5.51. The van der Waals surface area contributed by atoms with Gasteiger partial charge in [0.15, 0.2) is 0 Å². The quantitative estimate of drug-likeness (QED) is 0.429. The van der Waals surface area contributed by atoms with E-state index in [1.807, 2.05) is 0 Å². The molecule has 3 saturated heterocycles. The molecule has 1 aliphatic carbocycles. The summed E-state index contributed by atoms with van der Waals surface area (Å²) in [7, 11) is 1.39. The van der Waals surface area contributed by atoms with Crippen molar-refractivity contribution in [3.63, 3.8) is 0 Å². The van der Waals surface area contributed by atoms with E-state index in [-0.39, 0.29) is 42.0 Å². The number of amides is 1. The molecule has 0 radical (unpaired) electrons. The number of fused-ring (bicyclic) bond motifs is 1. The summed E-state index contributed by atoms with van der Waals surface area (Å²) in [5.74, 6) is 0.361. The average molecular weight is 423 g/mol. The molecule has 3 heterocycles. The number of likely N-dealkylation sites (tertiary alicyclic amines) is 1. The van der Waals surface area contributed by atoms with Crippen LogP contribution in [0.5, 0.6) is 0 Å². The Balaban J connectivity index is 1.32. The largest absolute Gasteiger partial charge is 0.453 e. The highest BCUT2D eigenvalue weighted by molar-refractivity contribution is 5.67. The first-order valence-corrected chi connectivity index (χ1v) is 11.0. The molecule has 0 bridgehead atoms. The Labute approximate surface area is 177 Å². The van der Waals surface area contributed by atoms with Crippen molar-refractivity contribution in [3.8, 4) is 6.07 Å². The van der Waals surface area contributed by atoms with Crippen LogP contribution >= 0.6 is 0 Å². The van der Waals surface area contributed by atoms with E-state index >= 15 is 0 Å². The zero-order valence-corrected chi connectivity index (χ0v) is 17.6. The molecule has 1 saturated carbocycles. The summed E-state index contributed by atoms with van der Waals surface area (Å²) in [5, 5.41) is 26.1. The predicted octanol–water partition coefficient (Wildman–Crippen LogP) is -0.589. The summed E-state index contributed by atoms with van der Waals surface area (Å²) in [6, 6.07) is 3.06. The lowest BCUT2D eigenvalue weighted by Gasteiger charge is -2.44. The topological polar surface area (TPSA) is 136 Å². The summed E-state index contributed by atoms with van der Waals surface area (Å²) < 4.78 is 10.1. The number of nitrogens with zero attached hydrogens (tertiary/aromatic N) is 3. The maximum atomic E-state index is 11.7. The average Bonchev–Trinajstić information content (AvgIpc) is 3.14. The van der Waals surface area contributed by atoms with E-state index in [0.29, 0.717) is 38.8 Å². The highest BCUT2D eigenvalue weighted by Gasteiger charge is 2.49. The zero-order valence-electron chi connectivity index (χ0n) is 17.6. The fraction of sp³-hybridized carbons (Fsp3) is 0.900. The monoisotopic (exact) mass is 422 g/mol. The molecule has 4 rings (SSSR count). The standard InChI is InChI=1S/C20H34N6O4/c1-29-20(28)25-4-2-12(3-5-25)18(22)24-19(27)13-6-14(8-21)16-9-23-26(17(16)7-13)15-10-30-11-15/h12-19,23-24,27H,2-7,9-11,22H2,1H3. The van der Waals surface area contributed by atoms with Crippen LogP contribution in [0.2, 0.25) is 0 Å². The number of hydrazine groups is 1. The summed E-state index contributed by atoms with van der Waals surface area (Å²) >= 11 is 0. The number of rotatable bonds is 5. The Bertz CT molecular complexity index is 648. The van der Waals surface area contributed by atoms with Crippen molar-refractivity contribution in [1.29, 1.82) is 5.26 Å². The highest BCUT2D eigenvalue weighted by Crippen LogP contribution is 2.41. The minimum absolute atomic E-state index is 0.0273. The number of nitrogens with one attached hydrogen (secondary N) is 2. The number of piperidine rings is 1. The number of aliphatic hydroxyl groups excluding tert-OH is 1. The summed E-state index contributed by atoms with van der Waals surface area (Å²) in [6.07, 6.45) is 1.63. The molecule has 6 unspecified atom stereocenters. The third-order valence-corrected chi connectivity index (χ3v) is 7.45. The lowest BCUT2D eigenvalue weighted by Crippen LogP contribution is -2.58. The molecule has 10 nitrogen and oxygen atoms in total. The van der Waals surface area contributed by atoms with Crippen molar-refractivity contribution in [2.24, 2.45) is 29.4 Å². The Kier molecular flexibility index (Phi) is 6.77. The van der Waals surface area contributed by atoms with Crippen molar-refractivity contribution in [2.45, 2.75) is 50.2 Å². The second-order valence-corrected chi connectivity index (χ2v) is 9.09. The minimum atomic E-state index is -0.754. The molecular formula is C20H34N6O4. The number of hydrogen-bond donors (Lipinski definition) is 4. The van der Waals surface area contributed by atoms with Gasteiger partial charge in [0.1, 0.15) is 6.23 Å². The number of aliphatic hydroxyl groups is 1. The molecule has 1 amide bonds. The molecule has 4 fully saturated rings. The van der Waals surface area contributed by atoms with Crippen LogP contribution in [0, 0.1) is 35.0 Å². The van der Waals surface area contributed by atoms with Gasteiger partial charge in [-0.05, 0) is 31.6 Å². The van der Waals surface area contributed by atoms with Gasteiger partial charge in [-0.25, -0.2) is 9.80 Å². The van der Waals surface area contributed by atoms with Gasteiger partial charge >= 0.3 is 6.09 Å². The maximum absolute atomic E-state index is 11.7. The van der Waals surface area contributed by atoms with Gasteiger partial charge in [-0.2, -0.15) is 5.26 Å². The first kappa shape index (κ1) is 21.7. The lowest BCUT2D eigenvalue weighted by atomic mass is 9.71. The maximum Gasteiger partial charge on any atom is 0.409 e. The van der Waals surface area contributed by atoms with Crippen molar-refractivity contribution in [2.75, 3.05) is 40.0 Å². The Hall–Kier alpha value is -1.48. The van der Waals surface area contributed by atoms with Gasteiger partial charge in [0.25, 0.3) is 0 Å². The molecule has 0 aromatic heterocycles. The molecule has 10 heteroatoms. The minimum Gasteiger partial charge on any atom is -0.453 e. The van der Waals surface area contributed by atoms with Crippen molar-refractivity contribution >= 4 is 6.09 Å². The van der Waals surface area contributed by atoms with Crippen molar-refractivity contribution < 1.29 is 19.4 Å². The Morgan fingerprint density at radius 3 is 2.67 bits per heavy atom. The second kappa shape index (κ2) is 9.34. The lowest BCUT2D eigenvalue weighted by molar-refractivity contribution is -0.100. The van der Waals surface area contributed by atoms with Gasteiger partial charge in [0, 0.05) is 37.5 Å². The number of carbonyl (C=O) groups is 1. The number of ether oxygens (including phenoxy) is 2. The normalized spacial score (nSPS) is 35.2. The molecular weight excluding hydrogens is 388 g/mol. The number of hydrogen-bond acceptors (Lipinski definition) is 9. The number of nitriles is 1.